The zero-order valence-corrected chi connectivity index (χ0v) is 11.6. The van der Waals surface area contributed by atoms with Crippen LogP contribution in [0.1, 0.15) is 5.56 Å². The fraction of sp³-hybridized carbons (Fsp3) is 0.533. The van der Waals surface area contributed by atoms with Crippen molar-refractivity contribution in [3.63, 3.8) is 0 Å². The van der Waals surface area contributed by atoms with E-state index in [2.05, 4.69) is 5.32 Å². The number of benzene rings is 1. The third-order valence-electron chi connectivity index (χ3n) is 4.22. The van der Waals surface area contributed by atoms with Crippen molar-refractivity contribution in [2.75, 3.05) is 26.7 Å². The zero-order valence-electron chi connectivity index (χ0n) is 11.6. The second kappa shape index (κ2) is 5.42. The number of fused-ring (bicyclic) bond motifs is 1. The van der Waals surface area contributed by atoms with Gasteiger partial charge in [-0.25, -0.2) is 0 Å². The van der Waals surface area contributed by atoms with Crippen LogP contribution in [0.3, 0.4) is 0 Å². The number of amides is 1. The van der Waals surface area contributed by atoms with Crippen molar-refractivity contribution in [3.05, 3.63) is 29.8 Å². The summed E-state index contributed by atoms with van der Waals surface area (Å²) in [5.74, 6) is 0.761. The molecule has 0 saturated carbocycles. The first-order valence-electron chi connectivity index (χ1n) is 7.03. The summed E-state index contributed by atoms with van der Waals surface area (Å²) in [6, 6.07) is 7.70. The van der Waals surface area contributed by atoms with Crippen molar-refractivity contribution in [2.24, 2.45) is 5.92 Å². The van der Waals surface area contributed by atoms with Gasteiger partial charge in [-0.15, -0.1) is 0 Å². The normalized spacial score (nSPS) is 28.6. The highest BCUT2D eigenvalue weighted by atomic mass is 16.5. The number of rotatable bonds is 2. The number of likely N-dealkylation sites (N-methyl/N-ethyl adjacent to an activating group) is 1. The van der Waals surface area contributed by atoms with Crippen molar-refractivity contribution in [1.29, 1.82) is 0 Å². The molecule has 1 aromatic rings. The third kappa shape index (κ3) is 2.39. The molecule has 108 valence electrons. The van der Waals surface area contributed by atoms with Gasteiger partial charge >= 0.3 is 0 Å². The number of hydrogen-bond acceptors (Lipinski definition) is 4. The van der Waals surface area contributed by atoms with Gasteiger partial charge in [-0.2, -0.15) is 0 Å². The topological polar surface area (TPSA) is 61.8 Å². The lowest BCUT2D eigenvalue weighted by Gasteiger charge is -2.32. The Morgan fingerprint density at radius 2 is 2.20 bits per heavy atom. The van der Waals surface area contributed by atoms with E-state index in [-0.39, 0.29) is 17.9 Å². The average molecular weight is 276 g/mol. The van der Waals surface area contributed by atoms with E-state index in [1.54, 1.807) is 11.9 Å². The molecule has 2 aliphatic heterocycles. The van der Waals surface area contributed by atoms with Gasteiger partial charge in [-0.05, 0) is 18.1 Å². The van der Waals surface area contributed by atoms with Crippen LogP contribution < -0.4 is 10.1 Å². The zero-order chi connectivity index (χ0) is 14.1. The molecule has 0 radical (unpaired) electrons. The molecule has 3 atom stereocenters. The number of para-hydroxylation sites is 1. The number of aliphatic hydroxyl groups excluding tert-OH is 1. The molecule has 0 aliphatic carbocycles. The number of aliphatic hydroxyl groups is 1. The molecule has 5 heteroatoms. The maximum absolute atomic E-state index is 12.5. The highest BCUT2D eigenvalue weighted by Gasteiger charge is 2.35. The summed E-state index contributed by atoms with van der Waals surface area (Å²) in [5.41, 5.74) is 1.08. The van der Waals surface area contributed by atoms with E-state index < -0.39 is 6.10 Å². The van der Waals surface area contributed by atoms with Gasteiger partial charge in [0.1, 0.15) is 12.4 Å². The van der Waals surface area contributed by atoms with Crippen LogP contribution in [0.5, 0.6) is 5.75 Å². The van der Waals surface area contributed by atoms with Crippen molar-refractivity contribution >= 4 is 5.91 Å². The van der Waals surface area contributed by atoms with Crippen LogP contribution in [0, 0.1) is 5.92 Å². The summed E-state index contributed by atoms with van der Waals surface area (Å²) in [6.07, 6.45) is 0.219. The van der Waals surface area contributed by atoms with Gasteiger partial charge in [0.2, 0.25) is 5.91 Å². The molecule has 1 saturated heterocycles. The SMILES string of the molecule is CN(C(=O)C1COc2ccccc2C1)[C@@H]1CNC[C@H]1O. The van der Waals surface area contributed by atoms with Crippen LogP contribution in [-0.4, -0.2) is 54.8 Å². The van der Waals surface area contributed by atoms with Crippen LogP contribution in [0.25, 0.3) is 0 Å². The maximum atomic E-state index is 12.5. The Hall–Kier alpha value is -1.59. The van der Waals surface area contributed by atoms with Crippen LogP contribution in [0.15, 0.2) is 24.3 Å². The van der Waals surface area contributed by atoms with E-state index in [1.807, 2.05) is 24.3 Å². The first-order chi connectivity index (χ1) is 9.66. The minimum absolute atomic E-state index is 0.0484. The van der Waals surface area contributed by atoms with Crippen molar-refractivity contribution in [2.45, 2.75) is 18.6 Å². The van der Waals surface area contributed by atoms with Crippen molar-refractivity contribution < 1.29 is 14.6 Å². The second-order valence-corrected chi connectivity index (χ2v) is 5.56. The molecule has 1 unspecified atom stereocenters. The second-order valence-electron chi connectivity index (χ2n) is 5.56. The molecule has 20 heavy (non-hydrogen) atoms. The predicted octanol–water partition coefficient (Wildman–Crippen LogP) is 0.0288. The third-order valence-corrected chi connectivity index (χ3v) is 4.22. The fourth-order valence-corrected chi connectivity index (χ4v) is 2.98. The molecular formula is C15H20N2O3. The largest absolute Gasteiger partial charge is 0.492 e. The van der Waals surface area contributed by atoms with Crippen molar-refractivity contribution in [3.8, 4) is 5.75 Å². The van der Waals surface area contributed by atoms with Gasteiger partial charge in [0.25, 0.3) is 0 Å². The average Bonchev–Trinajstić information content (AvgIpc) is 2.91. The van der Waals surface area contributed by atoms with E-state index in [1.165, 1.54) is 0 Å². The Bertz CT molecular complexity index is 506. The summed E-state index contributed by atoms with van der Waals surface area (Å²) in [5, 5.41) is 13.0. The number of carbonyl (C=O) groups is 1. The Morgan fingerprint density at radius 1 is 1.40 bits per heavy atom. The number of nitrogens with zero attached hydrogens (tertiary/aromatic N) is 1. The summed E-state index contributed by atoms with van der Waals surface area (Å²) in [4.78, 5) is 14.2. The quantitative estimate of drug-likeness (QED) is 0.800. The predicted molar refractivity (Wildman–Crippen MR) is 74.6 cm³/mol. The number of nitrogens with one attached hydrogen (secondary N) is 1. The van der Waals surface area contributed by atoms with E-state index in [9.17, 15) is 9.90 Å². The van der Waals surface area contributed by atoms with Crippen LogP contribution >= 0.6 is 0 Å². The standard InChI is InChI=1S/C15H20N2O3/c1-17(12-7-16-8-13(12)18)15(19)11-6-10-4-2-3-5-14(10)20-9-11/h2-5,11-13,16,18H,6-9H2,1H3/t11?,12-,13-/m1/s1. The van der Waals surface area contributed by atoms with Gasteiger partial charge < -0.3 is 20.1 Å². The summed E-state index contributed by atoms with van der Waals surface area (Å²) in [6.45, 7) is 1.61. The van der Waals surface area contributed by atoms with Crippen LogP contribution in [0.2, 0.25) is 0 Å². The molecule has 2 heterocycles. The molecule has 1 aromatic carbocycles. The smallest absolute Gasteiger partial charge is 0.229 e. The Labute approximate surface area is 118 Å². The lowest BCUT2D eigenvalue weighted by Crippen LogP contribution is -2.48. The fourth-order valence-electron chi connectivity index (χ4n) is 2.98. The lowest BCUT2D eigenvalue weighted by atomic mass is 9.95. The molecule has 3 rings (SSSR count). The Morgan fingerprint density at radius 3 is 2.95 bits per heavy atom. The van der Waals surface area contributed by atoms with Gasteiger partial charge in [0.15, 0.2) is 0 Å². The highest BCUT2D eigenvalue weighted by molar-refractivity contribution is 5.80. The number of carbonyl (C=O) groups excluding carboxylic acids is 1. The van der Waals surface area contributed by atoms with Gasteiger partial charge in [0.05, 0.1) is 18.1 Å². The van der Waals surface area contributed by atoms with E-state index in [0.717, 1.165) is 11.3 Å². The highest BCUT2D eigenvalue weighted by Crippen LogP contribution is 2.28. The van der Waals surface area contributed by atoms with Gasteiger partial charge in [-0.3, -0.25) is 4.79 Å². The van der Waals surface area contributed by atoms with Crippen molar-refractivity contribution in [1.82, 2.24) is 10.2 Å². The molecule has 0 spiro atoms. The van der Waals surface area contributed by atoms with E-state index >= 15 is 0 Å². The van der Waals surface area contributed by atoms with Crippen LogP contribution in [0.4, 0.5) is 0 Å². The molecule has 1 fully saturated rings. The molecule has 2 aliphatic rings. The van der Waals surface area contributed by atoms with E-state index in [4.69, 9.17) is 4.74 Å². The molecule has 5 nitrogen and oxygen atoms in total. The lowest BCUT2D eigenvalue weighted by molar-refractivity contribution is -0.139. The number of hydrogen-bond donors (Lipinski definition) is 2. The summed E-state index contributed by atoms with van der Waals surface area (Å²) < 4.78 is 5.67. The number of β-amino-alcohol motifs (C(OH)–C–C–N with tert-alkyl or cyclic N) is 1. The summed E-state index contributed by atoms with van der Waals surface area (Å²) in [7, 11) is 1.77. The van der Waals surface area contributed by atoms with E-state index in [0.29, 0.717) is 26.1 Å². The maximum Gasteiger partial charge on any atom is 0.229 e. The van der Waals surface area contributed by atoms with Gasteiger partial charge in [0, 0.05) is 20.1 Å². The number of ether oxygens (including phenoxy) is 1. The first kappa shape index (κ1) is 13.4. The van der Waals surface area contributed by atoms with Crippen LogP contribution in [-0.2, 0) is 11.2 Å². The molecule has 0 bridgehead atoms. The van der Waals surface area contributed by atoms with Gasteiger partial charge in [-0.1, -0.05) is 18.2 Å². The first-order valence-corrected chi connectivity index (χ1v) is 7.03. The molecule has 2 N–H and O–H groups in total. The summed E-state index contributed by atoms with van der Waals surface area (Å²) >= 11 is 0. The Kier molecular flexibility index (Phi) is 3.63. The monoisotopic (exact) mass is 276 g/mol. The molecule has 1 amide bonds. The molecular weight excluding hydrogens is 256 g/mol. The molecule has 0 aromatic heterocycles. The minimum Gasteiger partial charge on any atom is -0.492 e. The minimum atomic E-state index is -0.485. The Balaban J connectivity index is 1.69.